The van der Waals surface area contributed by atoms with Gasteiger partial charge in [0.1, 0.15) is 5.75 Å². The van der Waals surface area contributed by atoms with Gasteiger partial charge in [-0.05, 0) is 47.0 Å². The highest BCUT2D eigenvalue weighted by atomic mass is 16.5. The van der Waals surface area contributed by atoms with Crippen molar-refractivity contribution in [2.75, 3.05) is 57.9 Å². The summed E-state index contributed by atoms with van der Waals surface area (Å²) >= 11 is 0. The van der Waals surface area contributed by atoms with Gasteiger partial charge in [0.25, 0.3) is 0 Å². The number of ether oxygens (including phenoxy) is 1. The van der Waals surface area contributed by atoms with Gasteiger partial charge in [-0.15, -0.1) is 0 Å². The number of hydrogen-bond donors (Lipinski definition) is 3. The molecule has 0 radical (unpaired) electrons. The van der Waals surface area contributed by atoms with E-state index in [1.165, 1.54) is 11.6 Å². The van der Waals surface area contributed by atoms with E-state index in [1.807, 2.05) is 52.1 Å². The summed E-state index contributed by atoms with van der Waals surface area (Å²) in [6.07, 6.45) is 3.32. The summed E-state index contributed by atoms with van der Waals surface area (Å²) in [5.74, 6) is 0.475. The number of benzene rings is 1. The molecule has 3 N–H and O–H groups in total. The molecule has 0 aromatic heterocycles. The molecule has 1 amide bonds. The van der Waals surface area contributed by atoms with E-state index in [1.54, 1.807) is 14.2 Å². The predicted molar refractivity (Wildman–Crippen MR) is 116 cm³/mol. The van der Waals surface area contributed by atoms with Crippen molar-refractivity contribution in [2.45, 2.75) is 20.8 Å². The number of carbonyl (C=O) groups excluding carboxylic acids is 1. The molecule has 0 fully saturated rings. The zero-order valence-corrected chi connectivity index (χ0v) is 17.8. The minimum atomic E-state index is -0.245. The highest BCUT2D eigenvalue weighted by Gasteiger charge is 2.12. The number of amides is 1. The van der Waals surface area contributed by atoms with Crippen LogP contribution >= 0.6 is 0 Å². The third-order valence-corrected chi connectivity index (χ3v) is 3.09. The molecule has 0 heterocycles. The van der Waals surface area contributed by atoms with Crippen LogP contribution in [-0.4, -0.2) is 48.3 Å². The van der Waals surface area contributed by atoms with Gasteiger partial charge >= 0.3 is 0 Å². The largest absolute Gasteiger partial charge is 0.495 e. The number of allylic oxidation sites excluding steroid dienone is 2. The molecule has 26 heavy (non-hydrogen) atoms. The van der Waals surface area contributed by atoms with Crippen LogP contribution in [0.4, 0.5) is 17.1 Å². The molecule has 0 aliphatic heterocycles. The van der Waals surface area contributed by atoms with Crippen LogP contribution in [0.3, 0.4) is 0 Å². The number of anilines is 3. The smallest absolute Gasteiger partial charge is 0.247 e. The van der Waals surface area contributed by atoms with Gasteiger partial charge in [0.15, 0.2) is 0 Å². The van der Waals surface area contributed by atoms with Gasteiger partial charge in [-0.3, -0.25) is 4.79 Å². The van der Waals surface area contributed by atoms with Gasteiger partial charge in [-0.25, -0.2) is 0 Å². The Morgan fingerprint density at radius 3 is 1.96 bits per heavy atom. The van der Waals surface area contributed by atoms with Gasteiger partial charge in [-0.2, -0.15) is 0 Å². The highest BCUT2D eigenvalue weighted by Crippen LogP contribution is 2.36. The predicted octanol–water partition coefficient (Wildman–Crippen LogP) is 3.74. The lowest BCUT2D eigenvalue weighted by atomic mass is 10.2. The Kier molecular flexibility index (Phi) is 14.7. The fraction of sp³-hybridized carbons (Fsp3) is 0.450. The first-order valence-electron chi connectivity index (χ1n) is 8.40. The molecule has 6 heteroatoms. The fourth-order valence-corrected chi connectivity index (χ4v) is 1.59. The lowest BCUT2D eigenvalue weighted by Crippen LogP contribution is -2.15. The summed E-state index contributed by atoms with van der Waals surface area (Å²) in [5, 5.41) is 8.55. The van der Waals surface area contributed by atoms with Crippen LogP contribution in [0.25, 0.3) is 0 Å². The summed E-state index contributed by atoms with van der Waals surface area (Å²) in [6, 6.07) is 3.69. The first kappa shape index (κ1) is 25.8. The Balaban J connectivity index is 0. The molecule has 0 saturated heterocycles. The first-order valence-corrected chi connectivity index (χ1v) is 8.40. The molecule has 1 aromatic rings. The van der Waals surface area contributed by atoms with Crippen LogP contribution in [0, 0.1) is 0 Å². The zero-order chi connectivity index (χ0) is 20.7. The van der Waals surface area contributed by atoms with Gasteiger partial charge in [0, 0.05) is 27.2 Å². The molecule has 6 nitrogen and oxygen atoms in total. The van der Waals surface area contributed by atoms with Crippen molar-refractivity contribution in [1.29, 1.82) is 0 Å². The van der Waals surface area contributed by atoms with Crippen LogP contribution in [0.1, 0.15) is 20.8 Å². The topological polar surface area (TPSA) is 65.6 Å². The first-order chi connectivity index (χ1) is 12.2. The average molecular weight is 365 g/mol. The molecule has 0 atom stereocenters. The maximum absolute atomic E-state index is 11.4. The van der Waals surface area contributed by atoms with E-state index in [0.717, 1.165) is 17.1 Å². The molecular formula is C20H36N4O2. The summed E-state index contributed by atoms with van der Waals surface area (Å²) in [5.41, 5.74) is 3.75. The van der Waals surface area contributed by atoms with Crippen molar-refractivity contribution in [3.05, 3.63) is 36.4 Å². The quantitative estimate of drug-likeness (QED) is 0.549. The third kappa shape index (κ3) is 10.4. The normalized spacial score (nSPS) is 8.65. The lowest BCUT2D eigenvalue weighted by molar-refractivity contribution is -0.111. The maximum atomic E-state index is 11.4. The van der Waals surface area contributed by atoms with E-state index in [2.05, 4.69) is 42.5 Å². The van der Waals surface area contributed by atoms with Crippen LogP contribution in [-0.2, 0) is 4.79 Å². The minimum absolute atomic E-state index is 0.245. The van der Waals surface area contributed by atoms with Crippen molar-refractivity contribution in [2.24, 2.45) is 0 Å². The summed E-state index contributed by atoms with van der Waals surface area (Å²) in [7, 11) is 11.0. The van der Waals surface area contributed by atoms with Crippen molar-refractivity contribution in [3.8, 4) is 5.75 Å². The average Bonchev–Trinajstić information content (AvgIpc) is 2.61. The zero-order valence-electron chi connectivity index (χ0n) is 17.8. The van der Waals surface area contributed by atoms with Crippen LogP contribution in [0.15, 0.2) is 36.4 Å². The van der Waals surface area contributed by atoms with Crippen molar-refractivity contribution < 1.29 is 9.53 Å². The van der Waals surface area contributed by atoms with E-state index in [-0.39, 0.29) is 5.91 Å². The Bertz CT molecular complexity index is 577. The molecule has 0 spiro atoms. The summed E-state index contributed by atoms with van der Waals surface area (Å²) in [6.45, 7) is 9.65. The fourth-order valence-electron chi connectivity index (χ4n) is 1.59. The van der Waals surface area contributed by atoms with Crippen molar-refractivity contribution in [1.82, 2.24) is 5.32 Å². The van der Waals surface area contributed by atoms with E-state index < -0.39 is 0 Å². The Hall–Kier alpha value is -2.47. The van der Waals surface area contributed by atoms with Crippen molar-refractivity contribution in [3.63, 3.8) is 0 Å². The van der Waals surface area contributed by atoms with Crippen LogP contribution in [0.2, 0.25) is 0 Å². The number of methoxy groups -OCH3 is 1. The van der Waals surface area contributed by atoms with Gasteiger partial charge < -0.3 is 25.6 Å². The number of nitrogens with zero attached hydrogens (tertiary/aromatic N) is 1. The second kappa shape index (κ2) is 14.8. The Morgan fingerprint density at radius 2 is 1.65 bits per heavy atom. The molecule has 148 valence electrons. The molecule has 0 aliphatic rings. The molecule has 0 bridgehead atoms. The van der Waals surface area contributed by atoms with Crippen molar-refractivity contribution >= 4 is 23.0 Å². The Morgan fingerprint density at radius 1 is 1.15 bits per heavy atom. The van der Waals surface area contributed by atoms with Crippen LogP contribution < -0.4 is 25.6 Å². The van der Waals surface area contributed by atoms with Gasteiger partial charge in [0.2, 0.25) is 5.91 Å². The number of hydrogen-bond acceptors (Lipinski definition) is 5. The number of rotatable bonds is 5. The molecule has 0 unspecified atom stereocenters. The highest BCUT2D eigenvalue weighted by molar-refractivity contribution is 6.02. The minimum Gasteiger partial charge on any atom is -0.495 e. The van der Waals surface area contributed by atoms with E-state index in [4.69, 9.17) is 4.74 Å². The third-order valence-electron chi connectivity index (χ3n) is 3.09. The maximum Gasteiger partial charge on any atom is 0.247 e. The second-order valence-corrected chi connectivity index (χ2v) is 5.77. The Labute approximate surface area is 159 Å². The van der Waals surface area contributed by atoms with E-state index >= 15 is 0 Å². The van der Waals surface area contributed by atoms with E-state index in [0.29, 0.717) is 5.69 Å². The number of nitrogens with one attached hydrogen (secondary N) is 3. The molecule has 1 aromatic carbocycles. The van der Waals surface area contributed by atoms with Gasteiger partial charge in [0.05, 0.1) is 24.2 Å². The van der Waals surface area contributed by atoms with Crippen LogP contribution in [0.5, 0.6) is 5.75 Å². The molecule has 1 rings (SSSR count). The lowest BCUT2D eigenvalue weighted by Gasteiger charge is -2.20. The number of carbonyl (C=O) groups is 1. The summed E-state index contributed by atoms with van der Waals surface area (Å²) < 4.78 is 5.29. The second-order valence-electron chi connectivity index (χ2n) is 5.77. The molecule has 0 aliphatic carbocycles. The standard InChI is InChI=1S/C13H19N3O2.C5H10.C2H7N/c1-6-13(17)15-9-7-10(14-2)12(18-5)8-11(9)16(3)4;1-4-5(2)3;1-3-2/h6-8,14H,1H2,2-5H3,(H,15,17);4H,1-3H3;3H,1-2H3. The molecular weight excluding hydrogens is 328 g/mol. The van der Waals surface area contributed by atoms with E-state index in [9.17, 15) is 4.79 Å². The SMILES string of the molecule is C=CC(=O)Nc1cc(NC)c(OC)cc1N(C)C.CC=C(C)C.CNC. The summed E-state index contributed by atoms with van der Waals surface area (Å²) in [4.78, 5) is 13.3. The molecule has 0 saturated carbocycles. The monoisotopic (exact) mass is 364 g/mol. The van der Waals surface area contributed by atoms with Gasteiger partial charge in [-0.1, -0.05) is 18.2 Å².